The van der Waals surface area contributed by atoms with E-state index >= 15 is 0 Å². The number of nitrogens with one attached hydrogen (secondary N) is 1. The van der Waals surface area contributed by atoms with Gasteiger partial charge in [-0.3, -0.25) is 9.97 Å². The summed E-state index contributed by atoms with van der Waals surface area (Å²) in [5, 5.41) is 9.01. The molecule has 1 aromatic heterocycles. The maximum atomic E-state index is 14.0. The fraction of sp³-hybridized carbons (Fsp3) is 0.227. The summed E-state index contributed by atoms with van der Waals surface area (Å²) < 4.78 is 21.5. The zero-order valence-electron chi connectivity index (χ0n) is 16.5. The highest BCUT2D eigenvalue weighted by Gasteiger charge is 2.30. The first-order chi connectivity index (χ1) is 13.7. The largest absolute Gasteiger partial charge is 0.325 e. The molecule has 3 nitrogen and oxygen atoms in total. The van der Waals surface area contributed by atoms with Crippen LogP contribution in [0, 0.1) is 22.8 Å². The van der Waals surface area contributed by atoms with Gasteiger partial charge in [0.25, 0.3) is 0 Å². The molecule has 0 radical (unpaired) electrons. The van der Waals surface area contributed by atoms with Gasteiger partial charge in [-0.15, -0.1) is 11.3 Å². The van der Waals surface area contributed by atoms with Crippen LogP contribution in [0.5, 0.6) is 0 Å². The van der Waals surface area contributed by atoms with Crippen molar-refractivity contribution in [3.8, 4) is 10.4 Å². The SMILES string of the molecule is CCOP(=O)(Cc1cc(-c2ccc(I)cc2)sc1C(=N)I)c1ccc(C)cc1C. The molecular weight excluding hydrogens is 627 g/mol. The summed E-state index contributed by atoms with van der Waals surface area (Å²) in [4.78, 5) is 1.94. The summed E-state index contributed by atoms with van der Waals surface area (Å²) in [5.74, 6) is 0. The van der Waals surface area contributed by atoms with E-state index in [-0.39, 0.29) is 0 Å². The molecule has 152 valence electrons. The highest BCUT2D eigenvalue weighted by atomic mass is 127. The van der Waals surface area contributed by atoms with E-state index in [0.717, 1.165) is 37.3 Å². The molecule has 0 saturated heterocycles. The van der Waals surface area contributed by atoms with E-state index in [2.05, 4.69) is 52.9 Å². The van der Waals surface area contributed by atoms with E-state index in [9.17, 15) is 4.57 Å². The van der Waals surface area contributed by atoms with Crippen LogP contribution in [-0.2, 0) is 15.3 Å². The van der Waals surface area contributed by atoms with Gasteiger partial charge in [0.05, 0.1) is 17.6 Å². The summed E-state index contributed by atoms with van der Waals surface area (Å²) in [6.07, 6.45) is 0.298. The number of hydrogen-bond donors (Lipinski definition) is 1. The Morgan fingerprint density at radius 3 is 2.41 bits per heavy atom. The minimum atomic E-state index is -3.10. The lowest BCUT2D eigenvalue weighted by Gasteiger charge is -2.20. The Hall–Kier alpha value is -0.540. The molecule has 1 N–H and O–H groups in total. The minimum absolute atomic E-state index is 0.298. The van der Waals surface area contributed by atoms with Crippen molar-refractivity contribution in [2.75, 3.05) is 6.61 Å². The van der Waals surface area contributed by atoms with Crippen molar-refractivity contribution in [2.24, 2.45) is 0 Å². The van der Waals surface area contributed by atoms with Crippen molar-refractivity contribution in [1.82, 2.24) is 0 Å². The zero-order valence-corrected chi connectivity index (χ0v) is 22.5. The molecule has 0 aliphatic carbocycles. The third-order valence-corrected chi connectivity index (χ3v) is 10.1. The van der Waals surface area contributed by atoms with Gasteiger partial charge >= 0.3 is 0 Å². The minimum Gasteiger partial charge on any atom is -0.325 e. The molecule has 3 aromatic rings. The van der Waals surface area contributed by atoms with Gasteiger partial charge in [0.1, 0.15) is 3.72 Å². The topological polar surface area (TPSA) is 50.2 Å². The quantitative estimate of drug-likeness (QED) is 0.164. The molecule has 0 amide bonds. The number of thiophene rings is 1. The van der Waals surface area contributed by atoms with E-state index < -0.39 is 7.37 Å². The zero-order chi connectivity index (χ0) is 21.2. The molecule has 1 atom stereocenters. The van der Waals surface area contributed by atoms with Crippen molar-refractivity contribution >= 4 is 72.9 Å². The van der Waals surface area contributed by atoms with E-state index in [0.29, 0.717) is 16.5 Å². The van der Waals surface area contributed by atoms with Gasteiger partial charge < -0.3 is 4.52 Å². The second-order valence-electron chi connectivity index (χ2n) is 6.83. The van der Waals surface area contributed by atoms with E-state index in [1.54, 1.807) is 11.3 Å². The van der Waals surface area contributed by atoms with Crippen molar-refractivity contribution in [3.05, 3.63) is 73.7 Å². The van der Waals surface area contributed by atoms with Gasteiger partial charge in [-0.05, 0) is 107 Å². The summed E-state index contributed by atoms with van der Waals surface area (Å²) in [6.45, 7) is 6.28. The second kappa shape index (κ2) is 9.73. The standard InChI is InChI=1S/C22H22I2NO2PS/c1-4-27-28(26,19-10-5-14(2)11-15(19)3)13-17-12-20(29-21(17)22(24)25)16-6-8-18(23)9-7-16/h5-12,25H,4,13H2,1-3H3. The van der Waals surface area contributed by atoms with Crippen LogP contribution in [0.2, 0.25) is 0 Å². The van der Waals surface area contributed by atoms with Gasteiger partial charge in [0.15, 0.2) is 0 Å². The second-order valence-corrected chi connectivity index (χ2v) is 12.6. The fourth-order valence-corrected chi connectivity index (χ4v) is 7.90. The number of rotatable bonds is 7. The molecule has 3 rings (SSSR count). The van der Waals surface area contributed by atoms with E-state index in [1.807, 2.05) is 61.6 Å². The Bertz CT molecular complexity index is 1090. The third kappa shape index (κ3) is 5.39. The maximum absolute atomic E-state index is 14.0. The van der Waals surface area contributed by atoms with Crippen LogP contribution in [0.4, 0.5) is 0 Å². The highest BCUT2D eigenvalue weighted by molar-refractivity contribution is 14.1. The molecule has 29 heavy (non-hydrogen) atoms. The Kier molecular flexibility index (Phi) is 7.76. The van der Waals surface area contributed by atoms with Gasteiger partial charge in [-0.25, -0.2) is 0 Å². The molecule has 2 aromatic carbocycles. The van der Waals surface area contributed by atoms with Crippen LogP contribution in [0.15, 0.2) is 48.5 Å². The van der Waals surface area contributed by atoms with Crippen molar-refractivity contribution in [1.29, 1.82) is 5.41 Å². The molecule has 7 heteroatoms. The highest BCUT2D eigenvalue weighted by Crippen LogP contribution is 2.52. The first kappa shape index (κ1) is 23.1. The molecular formula is C22H22I2NO2PS. The van der Waals surface area contributed by atoms with Crippen LogP contribution in [0.1, 0.15) is 28.5 Å². The Morgan fingerprint density at radius 1 is 1.14 bits per heavy atom. The average molecular weight is 649 g/mol. The first-order valence-electron chi connectivity index (χ1n) is 9.18. The van der Waals surface area contributed by atoms with E-state index in [4.69, 9.17) is 9.93 Å². The van der Waals surface area contributed by atoms with Crippen LogP contribution in [0.3, 0.4) is 0 Å². The molecule has 1 heterocycles. The van der Waals surface area contributed by atoms with Gasteiger partial charge in [0.2, 0.25) is 7.37 Å². The lowest BCUT2D eigenvalue weighted by molar-refractivity contribution is 0.340. The summed E-state index contributed by atoms with van der Waals surface area (Å²) in [7, 11) is -3.10. The Balaban J connectivity index is 2.06. The monoisotopic (exact) mass is 649 g/mol. The average Bonchev–Trinajstić information content (AvgIpc) is 3.06. The molecule has 1 unspecified atom stereocenters. The first-order valence-corrected chi connectivity index (χ1v) is 14.0. The number of halogens is 2. The molecule has 0 aliphatic heterocycles. The Morgan fingerprint density at radius 2 is 1.83 bits per heavy atom. The lowest BCUT2D eigenvalue weighted by atomic mass is 10.1. The van der Waals surface area contributed by atoms with Crippen LogP contribution < -0.4 is 5.30 Å². The molecule has 0 fully saturated rings. The lowest BCUT2D eigenvalue weighted by Crippen LogP contribution is -2.14. The van der Waals surface area contributed by atoms with Crippen molar-refractivity contribution in [3.63, 3.8) is 0 Å². The van der Waals surface area contributed by atoms with Gasteiger partial charge in [0, 0.05) is 13.8 Å². The molecule has 0 aliphatic rings. The normalized spacial score (nSPS) is 13.3. The Labute approximate surface area is 203 Å². The predicted octanol–water partition coefficient (Wildman–Crippen LogP) is 7.54. The smallest absolute Gasteiger partial charge is 0.236 e. The summed E-state index contributed by atoms with van der Waals surface area (Å²) in [6, 6.07) is 16.4. The van der Waals surface area contributed by atoms with Crippen molar-refractivity contribution < 1.29 is 9.09 Å². The van der Waals surface area contributed by atoms with Gasteiger partial charge in [-0.2, -0.15) is 0 Å². The van der Waals surface area contributed by atoms with Gasteiger partial charge in [-0.1, -0.05) is 29.8 Å². The summed E-state index contributed by atoms with van der Waals surface area (Å²) in [5.41, 5.74) is 4.15. The number of aryl methyl sites for hydroxylation is 2. The number of benzene rings is 2. The summed E-state index contributed by atoms with van der Waals surface area (Å²) >= 11 is 5.90. The van der Waals surface area contributed by atoms with E-state index in [1.165, 1.54) is 3.57 Å². The fourth-order valence-electron chi connectivity index (χ4n) is 3.31. The van der Waals surface area contributed by atoms with Crippen molar-refractivity contribution in [2.45, 2.75) is 26.9 Å². The third-order valence-electron chi connectivity index (χ3n) is 4.57. The molecule has 0 saturated carbocycles. The maximum Gasteiger partial charge on any atom is 0.236 e. The predicted molar refractivity (Wildman–Crippen MR) is 142 cm³/mol. The molecule has 0 spiro atoms. The van der Waals surface area contributed by atoms with Crippen LogP contribution >= 0.6 is 63.9 Å². The van der Waals surface area contributed by atoms with Crippen LogP contribution in [-0.4, -0.2) is 10.3 Å². The number of hydrogen-bond acceptors (Lipinski definition) is 4. The molecule has 0 bridgehead atoms. The van der Waals surface area contributed by atoms with Crippen LogP contribution in [0.25, 0.3) is 10.4 Å².